The van der Waals surface area contributed by atoms with E-state index in [1.165, 1.54) is 6.20 Å². The number of hydrogen-bond donors (Lipinski definition) is 1. The lowest BCUT2D eigenvalue weighted by Crippen LogP contribution is -2.45. The zero-order valence-electron chi connectivity index (χ0n) is 12.5. The molecule has 0 spiro atoms. The molecule has 1 fully saturated rings. The van der Waals surface area contributed by atoms with E-state index >= 15 is 0 Å². The Morgan fingerprint density at radius 1 is 1.33 bits per heavy atom. The molecular formula is C15H16Cl2F3N3S. The largest absolute Gasteiger partial charge is 0.443 e. The van der Waals surface area contributed by atoms with Crippen LogP contribution in [0.5, 0.6) is 0 Å². The maximum absolute atomic E-state index is 12.7. The molecule has 1 unspecified atom stereocenters. The molecule has 1 aliphatic heterocycles. The van der Waals surface area contributed by atoms with Gasteiger partial charge >= 0.3 is 6.18 Å². The molecule has 3 rings (SSSR count). The van der Waals surface area contributed by atoms with Gasteiger partial charge in [-0.05, 0) is 11.6 Å². The molecule has 24 heavy (non-hydrogen) atoms. The molecule has 0 bridgehead atoms. The molecule has 132 valence electrons. The molecule has 0 saturated carbocycles. The molecule has 0 amide bonds. The number of halogens is 5. The van der Waals surface area contributed by atoms with Gasteiger partial charge in [-0.3, -0.25) is 4.90 Å². The van der Waals surface area contributed by atoms with Crippen LogP contribution in [-0.2, 0) is 12.7 Å². The van der Waals surface area contributed by atoms with Crippen LogP contribution in [-0.4, -0.2) is 29.5 Å². The third-order valence-electron chi connectivity index (χ3n) is 3.77. The number of piperazine rings is 1. The van der Waals surface area contributed by atoms with Gasteiger partial charge in [0.15, 0.2) is 5.01 Å². The van der Waals surface area contributed by atoms with Crippen LogP contribution in [0.3, 0.4) is 0 Å². The van der Waals surface area contributed by atoms with E-state index in [0.29, 0.717) is 34.3 Å². The number of nitrogens with one attached hydrogen (secondary N) is 1. The Morgan fingerprint density at radius 2 is 2.08 bits per heavy atom. The third kappa shape index (κ3) is 4.40. The first-order valence-electron chi connectivity index (χ1n) is 7.16. The van der Waals surface area contributed by atoms with Crippen LogP contribution in [0.1, 0.15) is 21.5 Å². The van der Waals surface area contributed by atoms with Gasteiger partial charge in [-0.1, -0.05) is 29.8 Å². The van der Waals surface area contributed by atoms with Gasteiger partial charge in [-0.15, -0.1) is 23.7 Å². The molecule has 2 heterocycles. The number of rotatable bonds is 3. The minimum atomic E-state index is -4.38. The monoisotopic (exact) mass is 397 g/mol. The smallest absolute Gasteiger partial charge is 0.314 e. The van der Waals surface area contributed by atoms with Crippen molar-refractivity contribution < 1.29 is 13.2 Å². The van der Waals surface area contributed by atoms with Crippen LogP contribution < -0.4 is 5.32 Å². The Morgan fingerprint density at radius 3 is 2.75 bits per heavy atom. The first kappa shape index (κ1) is 19.5. The number of nitrogens with zero attached hydrogens (tertiary/aromatic N) is 2. The van der Waals surface area contributed by atoms with Gasteiger partial charge in [0, 0.05) is 48.3 Å². The maximum Gasteiger partial charge on any atom is 0.443 e. The molecular weight excluding hydrogens is 382 g/mol. The molecule has 3 nitrogen and oxygen atoms in total. The molecule has 1 aliphatic rings. The molecule has 1 N–H and O–H groups in total. The van der Waals surface area contributed by atoms with Crippen molar-refractivity contribution in [2.75, 3.05) is 19.6 Å². The van der Waals surface area contributed by atoms with E-state index < -0.39 is 11.2 Å². The standard InChI is InChI=1S/C15H15ClF3N3S.ClH/c16-12-4-2-1-3-11(12)13-8-20-5-6-22(13)9-10-7-21-14(23-10)15(17,18)19;/h1-4,7,13,20H,5-6,8-9H2;1H. The second-order valence-corrected chi connectivity index (χ2v) is 6.86. The molecule has 1 aromatic heterocycles. The van der Waals surface area contributed by atoms with E-state index in [0.717, 1.165) is 18.7 Å². The van der Waals surface area contributed by atoms with Gasteiger partial charge in [0.1, 0.15) is 0 Å². The fourth-order valence-electron chi connectivity index (χ4n) is 2.70. The molecule has 1 saturated heterocycles. The highest BCUT2D eigenvalue weighted by molar-refractivity contribution is 7.11. The van der Waals surface area contributed by atoms with Crippen molar-refractivity contribution in [1.82, 2.24) is 15.2 Å². The SMILES string of the molecule is Cl.FC(F)(F)c1ncc(CN2CCNCC2c2ccccc2Cl)s1. The van der Waals surface area contributed by atoms with Gasteiger partial charge in [-0.25, -0.2) is 4.98 Å². The minimum absolute atomic E-state index is 0. The van der Waals surface area contributed by atoms with Crippen LogP contribution in [0.15, 0.2) is 30.5 Å². The molecule has 0 aliphatic carbocycles. The number of thiazole rings is 1. The molecule has 1 aromatic carbocycles. The van der Waals surface area contributed by atoms with Crippen molar-refractivity contribution in [2.45, 2.75) is 18.8 Å². The van der Waals surface area contributed by atoms with Crippen LogP contribution in [0, 0.1) is 0 Å². The van der Waals surface area contributed by atoms with Crippen molar-refractivity contribution in [1.29, 1.82) is 0 Å². The highest BCUT2D eigenvalue weighted by Gasteiger charge is 2.35. The van der Waals surface area contributed by atoms with Gasteiger partial charge in [0.05, 0.1) is 0 Å². The predicted octanol–water partition coefficient (Wildman–Crippen LogP) is 4.38. The Hall–Kier alpha value is -0.860. The first-order valence-corrected chi connectivity index (χ1v) is 8.35. The van der Waals surface area contributed by atoms with Gasteiger partial charge in [-0.2, -0.15) is 13.2 Å². The fraction of sp³-hybridized carbons (Fsp3) is 0.400. The second kappa shape index (κ2) is 8.01. The van der Waals surface area contributed by atoms with Crippen molar-refractivity contribution in [2.24, 2.45) is 0 Å². The molecule has 0 radical (unpaired) electrons. The summed E-state index contributed by atoms with van der Waals surface area (Å²) < 4.78 is 38.0. The summed E-state index contributed by atoms with van der Waals surface area (Å²) in [6, 6.07) is 7.61. The van der Waals surface area contributed by atoms with Crippen LogP contribution >= 0.6 is 35.3 Å². The number of hydrogen-bond acceptors (Lipinski definition) is 4. The number of benzene rings is 1. The number of alkyl halides is 3. The average Bonchev–Trinajstić information content (AvgIpc) is 2.97. The minimum Gasteiger partial charge on any atom is -0.314 e. The van der Waals surface area contributed by atoms with Crippen LogP contribution in [0.4, 0.5) is 13.2 Å². The molecule has 9 heteroatoms. The topological polar surface area (TPSA) is 28.2 Å². The Balaban J connectivity index is 0.00000208. The predicted molar refractivity (Wildman–Crippen MR) is 91.8 cm³/mol. The zero-order valence-corrected chi connectivity index (χ0v) is 14.9. The lowest BCUT2D eigenvalue weighted by atomic mass is 10.0. The van der Waals surface area contributed by atoms with E-state index in [1.54, 1.807) is 0 Å². The average molecular weight is 398 g/mol. The van der Waals surface area contributed by atoms with E-state index in [2.05, 4.69) is 15.2 Å². The lowest BCUT2D eigenvalue weighted by Gasteiger charge is -2.36. The van der Waals surface area contributed by atoms with E-state index in [-0.39, 0.29) is 18.4 Å². The summed E-state index contributed by atoms with van der Waals surface area (Å²) in [5, 5.41) is 3.19. The Bertz CT molecular complexity index is 678. The Kier molecular flexibility index (Phi) is 6.50. The lowest BCUT2D eigenvalue weighted by molar-refractivity contribution is -0.137. The zero-order chi connectivity index (χ0) is 16.4. The van der Waals surface area contributed by atoms with E-state index in [1.807, 2.05) is 24.3 Å². The van der Waals surface area contributed by atoms with Crippen LogP contribution in [0.25, 0.3) is 0 Å². The van der Waals surface area contributed by atoms with Crippen molar-refractivity contribution in [3.8, 4) is 0 Å². The van der Waals surface area contributed by atoms with E-state index in [9.17, 15) is 13.2 Å². The summed E-state index contributed by atoms with van der Waals surface area (Å²) in [4.78, 5) is 6.25. The van der Waals surface area contributed by atoms with Gasteiger partial charge in [0.2, 0.25) is 0 Å². The fourth-order valence-corrected chi connectivity index (χ4v) is 3.77. The normalized spacial score (nSPS) is 19.1. The summed E-state index contributed by atoms with van der Waals surface area (Å²) >= 11 is 6.98. The van der Waals surface area contributed by atoms with E-state index in [4.69, 9.17) is 11.6 Å². The van der Waals surface area contributed by atoms with Crippen LogP contribution in [0.2, 0.25) is 5.02 Å². The van der Waals surface area contributed by atoms with Gasteiger partial charge < -0.3 is 5.32 Å². The summed E-state index contributed by atoms with van der Waals surface area (Å²) in [7, 11) is 0. The maximum atomic E-state index is 12.7. The summed E-state index contributed by atoms with van der Waals surface area (Å²) in [5.74, 6) is 0. The molecule has 1 atom stereocenters. The van der Waals surface area contributed by atoms with Crippen molar-refractivity contribution >= 4 is 35.3 Å². The summed E-state index contributed by atoms with van der Waals surface area (Å²) in [5.41, 5.74) is 0.988. The summed E-state index contributed by atoms with van der Waals surface area (Å²) in [6.45, 7) is 2.70. The summed E-state index contributed by atoms with van der Waals surface area (Å²) in [6.07, 6.45) is -3.06. The quantitative estimate of drug-likeness (QED) is 0.832. The van der Waals surface area contributed by atoms with Crippen molar-refractivity contribution in [3.05, 3.63) is 50.9 Å². The highest BCUT2D eigenvalue weighted by Crippen LogP contribution is 2.34. The second-order valence-electron chi connectivity index (χ2n) is 5.34. The first-order chi connectivity index (χ1) is 10.9. The van der Waals surface area contributed by atoms with Gasteiger partial charge in [0.25, 0.3) is 0 Å². The Labute approximate surface area is 153 Å². The third-order valence-corrected chi connectivity index (χ3v) is 5.14. The highest BCUT2D eigenvalue weighted by atomic mass is 35.5. The molecule has 2 aromatic rings. The number of aromatic nitrogens is 1. The van der Waals surface area contributed by atoms with Crippen molar-refractivity contribution in [3.63, 3.8) is 0 Å².